The van der Waals surface area contributed by atoms with Gasteiger partial charge in [0.1, 0.15) is 17.7 Å². The molecule has 3 aromatic carbocycles. The molecule has 5 nitrogen and oxygen atoms in total. The number of pyridine rings is 1. The average molecular weight is 519 g/mol. The van der Waals surface area contributed by atoms with Gasteiger partial charge in [0.15, 0.2) is 0 Å². The van der Waals surface area contributed by atoms with Crippen LogP contribution in [-0.2, 0) is 17.8 Å². The molecule has 0 bridgehead atoms. The first kappa shape index (κ1) is 24.0. The van der Waals surface area contributed by atoms with E-state index in [1.54, 1.807) is 42.7 Å². The van der Waals surface area contributed by atoms with Crippen LogP contribution in [0.3, 0.4) is 0 Å². The molecule has 0 fully saturated rings. The fourth-order valence-electron chi connectivity index (χ4n) is 4.20. The molecule has 0 aliphatic carbocycles. The highest BCUT2D eigenvalue weighted by atomic mass is 35.5. The molecule has 5 aromatic rings. The van der Waals surface area contributed by atoms with Gasteiger partial charge < -0.3 is 9.88 Å². The van der Waals surface area contributed by atoms with Crippen LogP contribution in [0.4, 0.5) is 4.39 Å². The summed E-state index contributed by atoms with van der Waals surface area (Å²) < 4.78 is 16.4. The zero-order chi connectivity index (χ0) is 25.1. The van der Waals surface area contributed by atoms with Crippen LogP contribution in [0.5, 0.6) is 0 Å². The van der Waals surface area contributed by atoms with Crippen molar-refractivity contribution in [2.75, 3.05) is 0 Å². The van der Waals surface area contributed by atoms with Crippen LogP contribution >= 0.6 is 23.2 Å². The lowest BCUT2D eigenvalue weighted by atomic mass is 10.0. The second kappa shape index (κ2) is 10.5. The largest absolute Gasteiger partial charge is 0.350 e. The molecule has 1 N–H and O–H groups in total. The highest BCUT2D eigenvalue weighted by molar-refractivity contribution is 6.42. The van der Waals surface area contributed by atoms with Gasteiger partial charge in [0, 0.05) is 25.4 Å². The Balaban J connectivity index is 1.65. The van der Waals surface area contributed by atoms with Crippen LogP contribution in [0.15, 0.2) is 91.3 Å². The summed E-state index contributed by atoms with van der Waals surface area (Å²) in [5.74, 6) is -0.0647. The number of nitrogens with zero attached hydrogens (tertiary/aromatic N) is 3. The molecular weight excluding hydrogens is 498 g/mol. The smallest absolute Gasteiger partial charge is 0.248 e. The van der Waals surface area contributed by atoms with Gasteiger partial charge in [0.2, 0.25) is 5.91 Å². The standard InChI is InChI=1S/C28H21Cl2FN4O/c29-21-15-24-25(16-22(21)30)35(26(34-24)14-20-8-4-5-9-23(20)31)27(19-6-2-1-3-7-19)28(36)33-17-18-10-12-32-13-11-18/h1-13,15-16,27H,14,17H2,(H,33,36)/t27-/m1/s1. The minimum atomic E-state index is -0.781. The van der Waals surface area contributed by atoms with E-state index in [2.05, 4.69) is 10.3 Å². The van der Waals surface area contributed by atoms with Crippen LogP contribution in [-0.4, -0.2) is 20.4 Å². The van der Waals surface area contributed by atoms with Crippen molar-refractivity contribution >= 4 is 40.1 Å². The van der Waals surface area contributed by atoms with E-state index in [-0.39, 0.29) is 18.1 Å². The molecule has 0 spiro atoms. The molecule has 0 unspecified atom stereocenters. The molecular formula is C28H21Cl2FN4O. The van der Waals surface area contributed by atoms with E-state index in [0.717, 1.165) is 11.1 Å². The van der Waals surface area contributed by atoms with Crippen molar-refractivity contribution in [3.63, 3.8) is 0 Å². The predicted octanol–water partition coefficient (Wildman–Crippen LogP) is 6.37. The van der Waals surface area contributed by atoms with E-state index in [4.69, 9.17) is 28.2 Å². The Morgan fingerprint density at radius 3 is 2.39 bits per heavy atom. The van der Waals surface area contributed by atoms with Gasteiger partial charge in [-0.05, 0) is 47.0 Å². The summed E-state index contributed by atoms with van der Waals surface area (Å²) >= 11 is 12.7. The van der Waals surface area contributed by atoms with Crippen LogP contribution in [0.1, 0.15) is 28.6 Å². The number of rotatable bonds is 7. The minimum Gasteiger partial charge on any atom is -0.350 e. The molecule has 1 atom stereocenters. The fraction of sp³-hybridized carbons (Fsp3) is 0.107. The third-order valence-corrected chi connectivity index (χ3v) is 6.67. The number of imidazole rings is 1. The Kier molecular flexibility index (Phi) is 6.98. The number of hydrogen-bond donors (Lipinski definition) is 1. The van der Waals surface area contributed by atoms with E-state index >= 15 is 0 Å². The maximum atomic E-state index is 14.6. The van der Waals surface area contributed by atoms with E-state index < -0.39 is 6.04 Å². The van der Waals surface area contributed by atoms with Crippen molar-refractivity contribution in [3.05, 3.63) is 130 Å². The molecule has 5 rings (SSSR count). The first-order valence-corrected chi connectivity index (χ1v) is 12.1. The fourth-order valence-corrected chi connectivity index (χ4v) is 4.52. The predicted molar refractivity (Wildman–Crippen MR) is 140 cm³/mol. The minimum absolute atomic E-state index is 0.178. The molecule has 0 aliphatic heterocycles. The quantitative estimate of drug-likeness (QED) is 0.272. The molecule has 8 heteroatoms. The first-order chi connectivity index (χ1) is 17.5. The number of halogens is 3. The average Bonchev–Trinajstić information content (AvgIpc) is 3.22. The highest BCUT2D eigenvalue weighted by Gasteiger charge is 2.28. The number of fused-ring (bicyclic) bond motifs is 1. The van der Waals surface area contributed by atoms with Crippen molar-refractivity contribution in [1.29, 1.82) is 0 Å². The van der Waals surface area contributed by atoms with E-state index in [1.807, 2.05) is 47.0 Å². The summed E-state index contributed by atoms with van der Waals surface area (Å²) in [4.78, 5) is 22.6. The Bertz CT molecular complexity index is 1520. The van der Waals surface area contributed by atoms with Crippen LogP contribution in [0.2, 0.25) is 10.0 Å². The second-order valence-corrected chi connectivity index (χ2v) is 9.12. The van der Waals surface area contributed by atoms with Gasteiger partial charge in [-0.1, -0.05) is 71.7 Å². The van der Waals surface area contributed by atoms with Gasteiger partial charge in [-0.15, -0.1) is 0 Å². The SMILES string of the molecule is O=C(NCc1ccncc1)[C@@H](c1ccccc1)n1c(Cc2ccccc2F)nc2cc(Cl)c(Cl)cc21. The van der Waals surface area contributed by atoms with E-state index in [9.17, 15) is 9.18 Å². The summed E-state index contributed by atoms with van der Waals surface area (Å²) in [7, 11) is 0. The van der Waals surface area contributed by atoms with Crippen LogP contribution < -0.4 is 5.32 Å². The zero-order valence-corrected chi connectivity index (χ0v) is 20.5. The number of hydrogen-bond acceptors (Lipinski definition) is 3. The lowest BCUT2D eigenvalue weighted by molar-refractivity contribution is -0.123. The summed E-state index contributed by atoms with van der Waals surface area (Å²) in [5, 5.41) is 3.72. The Morgan fingerprint density at radius 1 is 0.944 bits per heavy atom. The molecule has 0 saturated carbocycles. The van der Waals surface area contributed by atoms with Gasteiger partial charge in [0.25, 0.3) is 0 Å². The second-order valence-electron chi connectivity index (χ2n) is 8.31. The summed E-state index contributed by atoms with van der Waals surface area (Å²) in [6, 6.07) is 22.2. The molecule has 180 valence electrons. The van der Waals surface area contributed by atoms with Crippen LogP contribution in [0.25, 0.3) is 11.0 Å². The lowest BCUT2D eigenvalue weighted by Crippen LogP contribution is -2.33. The Morgan fingerprint density at radius 2 is 1.64 bits per heavy atom. The number of carbonyl (C=O) groups excluding carboxylic acids is 1. The van der Waals surface area contributed by atoms with Gasteiger partial charge >= 0.3 is 0 Å². The van der Waals surface area contributed by atoms with Gasteiger partial charge in [-0.3, -0.25) is 9.78 Å². The maximum Gasteiger partial charge on any atom is 0.248 e. The number of amides is 1. The number of carbonyl (C=O) groups is 1. The lowest BCUT2D eigenvalue weighted by Gasteiger charge is -2.22. The molecule has 36 heavy (non-hydrogen) atoms. The first-order valence-electron chi connectivity index (χ1n) is 11.3. The molecule has 1 amide bonds. The van der Waals surface area contributed by atoms with E-state index in [1.165, 1.54) is 6.07 Å². The van der Waals surface area contributed by atoms with Crippen molar-refractivity contribution in [3.8, 4) is 0 Å². The third-order valence-electron chi connectivity index (χ3n) is 5.95. The molecule has 2 heterocycles. The highest BCUT2D eigenvalue weighted by Crippen LogP contribution is 2.33. The Labute approximate surface area is 217 Å². The van der Waals surface area contributed by atoms with Gasteiger partial charge in [0.05, 0.1) is 21.1 Å². The summed E-state index contributed by atoms with van der Waals surface area (Å²) in [5.41, 5.74) is 3.34. The van der Waals surface area contributed by atoms with Gasteiger partial charge in [-0.25, -0.2) is 9.37 Å². The van der Waals surface area contributed by atoms with Crippen LogP contribution in [0, 0.1) is 5.82 Å². The number of aromatic nitrogens is 3. The van der Waals surface area contributed by atoms with Crippen molar-refractivity contribution < 1.29 is 9.18 Å². The molecule has 0 saturated heterocycles. The third kappa shape index (κ3) is 4.96. The summed E-state index contributed by atoms with van der Waals surface area (Å²) in [6.45, 7) is 0.326. The number of nitrogens with one attached hydrogen (secondary N) is 1. The van der Waals surface area contributed by atoms with Gasteiger partial charge in [-0.2, -0.15) is 0 Å². The normalized spacial score (nSPS) is 12.0. The van der Waals surface area contributed by atoms with Crippen molar-refractivity contribution in [2.45, 2.75) is 19.0 Å². The summed E-state index contributed by atoms with van der Waals surface area (Å²) in [6.07, 6.45) is 3.53. The van der Waals surface area contributed by atoms with Crippen molar-refractivity contribution in [1.82, 2.24) is 19.9 Å². The zero-order valence-electron chi connectivity index (χ0n) is 19.0. The molecule has 0 radical (unpaired) electrons. The van der Waals surface area contributed by atoms with E-state index in [0.29, 0.717) is 39.0 Å². The maximum absolute atomic E-state index is 14.6. The monoisotopic (exact) mass is 518 g/mol. The Hall–Kier alpha value is -3.74. The van der Waals surface area contributed by atoms with Crippen molar-refractivity contribution in [2.24, 2.45) is 0 Å². The number of benzene rings is 3. The molecule has 2 aromatic heterocycles. The molecule has 0 aliphatic rings. The topological polar surface area (TPSA) is 59.8 Å².